The molecule has 0 saturated heterocycles. The summed E-state index contributed by atoms with van der Waals surface area (Å²) < 4.78 is 0. The molecule has 1 aliphatic heterocycles. The van der Waals surface area contributed by atoms with Gasteiger partial charge >= 0.3 is 0 Å². The molecular weight excluding hydrogens is 449 g/mol. The average Bonchev–Trinajstić information content (AvgIpc) is 2.70. The minimum Gasteiger partial charge on any atom is -0.330 e. The van der Waals surface area contributed by atoms with Crippen LogP contribution in [0.25, 0.3) is 0 Å². The minimum atomic E-state index is -0.281. The second kappa shape index (κ2) is 8.67. The van der Waals surface area contributed by atoms with E-state index < -0.39 is 0 Å². The van der Waals surface area contributed by atoms with E-state index in [0.29, 0.717) is 20.6 Å². The number of rotatable bonds is 4. The van der Waals surface area contributed by atoms with Gasteiger partial charge < -0.3 is 4.90 Å². The van der Waals surface area contributed by atoms with E-state index >= 15 is 0 Å². The predicted molar refractivity (Wildman–Crippen MR) is 121 cm³/mol. The zero-order valence-electron chi connectivity index (χ0n) is 14.9. The number of hydrogen-bond donors (Lipinski definition) is 1. The van der Waals surface area contributed by atoms with Crippen LogP contribution in [0.4, 0.5) is 11.4 Å². The highest BCUT2D eigenvalue weighted by Gasteiger charge is 2.25. The first kappa shape index (κ1) is 20.1. The first-order valence-electron chi connectivity index (χ1n) is 8.63. The number of hydrazone groups is 1. The fourth-order valence-electron chi connectivity index (χ4n) is 2.95. The number of anilines is 2. The Morgan fingerprint density at radius 2 is 1.69 bits per heavy atom. The Labute approximate surface area is 187 Å². The molecule has 0 unspecified atom stereocenters. The Hall–Kier alpha value is -2.18. The number of fused-ring (bicyclic) bond motifs is 2. The summed E-state index contributed by atoms with van der Waals surface area (Å²) in [5.74, 6) is -0.281. The molecule has 0 saturated carbocycles. The maximum atomic E-state index is 12.6. The lowest BCUT2D eigenvalue weighted by molar-refractivity contribution is -0.119. The zero-order chi connectivity index (χ0) is 20.4. The molecule has 0 bridgehead atoms. The Balaban J connectivity index is 1.55. The molecule has 1 heterocycles. The molecule has 146 valence electrons. The fraction of sp³-hybridized carbons (Fsp3) is 0.0476. The largest absolute Gasteiger partial charge is 0.330 e. The van der Waals surface area contributed by atoms with Crippen molar-refractivity contribution in [2.75, 3.05) is 11.4 Å². The third kappa shape index (κ3) is 4.38. The van der Waals surface area contributed by atoms with Gasteiger partial charge in [-0.2, -0.15) is 5.10 Å². The standard InChI is InChI=1S/C21H14Cl3N3OS/c22-13-8-9-20-18(10-13)27(17-6-1-2-7-19(17)29-20)12-21(28)26-25-11-14-15(23)4-3-5-16(14)24/h1-11H,12H2,(H,26,28)/b25-11+. The normalized spacial score (nSPS) is 12.6. The summed E-state index contributed by atoms with van der Waals surface area (Å²) in [5.41, 5.74) is 4.92. The van der Waals surface area contributed by atoms with Gasteiger partial charge in [0.1, 0.15) is 6.54 Å². The molecule has 8 heteroatoms. The van der Waals surface area contributed by atoms with Crippen molar-refractivity contribution in [1.29, 1.82) is 0 Å². The van der Waals surface area contributed by atoms with E-state index in [9.17, 15) is 4.79 Å². The summed E-state index contributed by atoms with van der Waals surface area (Å²) in [6.45, 7) is 0.0819. The highest BCUT2D eigenvalue weighted by Crippen LogP contribution is 2.48. The van der Waals surface area contributed by atoms with Gasteiger partial charge in [0, 0.05) is 20.4 Å². The molecule has 0 radical (unpaired) electrons. The summed E-state index contributed by atoms with van der Waals surface area (Å²) in [6, 6.07) is 18.7. The summed E-state index contributed by atoms with van der Waals surface area (Å²) in [7, 11) is 0. The first-order chi connectivity index (χ1) is 14.0. The SMILES string of the molecule is O=C(CN1c2ccccc2Sc2ccc(Cl)cc21)N/N=C/c1c(Cl)cccc1Cl. The average molecular weight is 463 g/mol. The van der Waals surface area contributed by atoms with Gasteiger partial charge in [-0.15, -0.1) is 0 Å². The molecular formula is C21H14Cl3N3OS. The number of para-hydroxylation sites is 1. The second-order valence-corrected chi connectivity index (χ2v) is 8.53. The van der Waals surface area contributed by atoms with E-state index in [1.165, 1.54) is 6.21 Å². The van der Waals surface area contributed by atoms with Crippen LogP contribution in [-0.4, -0.2) is 18.7 Å². The number of nitrogens with one attached hydrogen (secondary N) is 1. The predicted octanol–water partition coefficient (Wildman–Crippen LogP) is 6.40. The van der Waals surface area contributed by atoms with Crippen LogP contribution in [0.15, 0.2) is 75.6 Å². The van der Waals surface area contributed by atoms with Crippen LogP contribution in [0.2, 0.25) is 15.1 Å². The van der Waals surface area contributed by atoms with Gasteiger partial charge in [-0.25, -0.2) is 5.43 Å². The molecule has 0 spiro atoms. The van der Waals surface area contributed by atoms with Crippen molar-refractivity contribution < 1.29 is 4.79 Å². The van der Waals surface area contributed by atoms with Crippen LogP contribution >= 0.6 is 46.6 Å². The third-order valence-corrected chi connectivity index (χ3v) is 6.30. The highest BCUT2D eigenvalue weighted by molar-refractivity contribution is 7.99. The van der Waals surface area contributed by atoms with E-state index in [4.69, 9.17) is 34.8 Å². The molecule has 29 heavy (non-hydrogen) atoms. The Morgan fingerprint density at radius 1 is 0.966 bits per heavy atom. The Morgan fingerprint density at radius 3 is 2.48 bits per heavy atom. The van der Waals surface area contributed by atoms with Crippen molar-refractivity contribution in [2.24, 2.45) is 5.10 Å². The minimum absolute atomic E-state index is 0.0819. The maximum absolute atomic E-state index is 12.6. The van der Waals surface area contributed by atoms with E-state index in [-0.39, 0.29) is 12.5 Å². The Bertz CT molecular complexity index is 1100. The number of halogens is 3. The molecule has 0 atom stereocenters. The summed E-state index contributed by atoms with van der Waals surface area (Å²) in [5, 5.41) is 5.54. The maximum Gasteiger partial charge on any atom is 0.260 e. The summed E-state index contributed by atoms with van der Waals surface area (Å²) >= 11 is 20.1. The van der Waals surface area contributed by atoms with Gasteiger partial charge in [0.15, 0.2) is 0 Å². The van der Waals surface area contributed by atoms with Crippen molar-refractivity contribution in [3.8, 4) is 0 Å². The van der Waals surface area contributed by atoms with Crippen molar-refractivity contribution in [2.45, 2.75) is 9.79 Å². The smallest absolute Gasteiger partial charge is 0.260 e. The second-order valence-electron chi connectivity index (χ2n) is 6.20. The van der Waals surface area contributed by atoms with E-state index in [2.05, 4.69) is 10.5 Å². The molecule has 3 aromatic carbocycles. The molecule has 1 N–H and O–H groups in total. The lowest BCUT2D eigenvalue weighted by atomic mass is 10.2. The van der Waals surface area contributed by atoms with Gasteiger partial charge in [-0.05, 0) is 42.5 Å². The highest BCUT2D eigenvalue weighted by atomic mass is 35.5. The van der Waals surface area contributed by atoms with Crippen LogP contribution in [0, 0.1) is 0 Å². The molecule has 1 amide bonds. The molecule has 3 aromatic rings. The molecule has 4 nitrogen and oxygen atoms in total. The number of amides is 1. The van der Waals surface area contributed by atoms with Crippen molar-refractivity contribution in [1.82, 2.24) is 5.43 Å². The number of benzene rings is 3. The summed E-state index contributed by atoms with van der Waals surface area (Å²) in [6.07, 6.45) is 1.44. The molecule has 0 aromatic heterocycles. The third-order valence-electron chi connectivity index (χ3n) is 4.27. The number of carbonyl (C=O) groups excluding carboxylic acids is 1. The van der Waals surface area contributed by atoms with Crippen molar-refractivity contribution in [3.63, 3.8) is 0 Å². The van der Waals surface area contributed by atoms with E-state index in [1.807, 2.05) is 47.4 Å². The van der Waals surface area contributed by atoms with Crippen molar-refractivity contribution >= 4 is 70.1 Å². The van der Waals surface area contributed by atoms with E-state index in [1.54, 1.807) is 30.0 Å². The quantitative estimate of drug-likeness (QED) is 0.360. The van der Waals surface area contributed by atoms with Crippen LogP contribution in [0.5, 0.6) is 0 Å². The Kier molecular flexibility index (Phi) is 6.01. The molecule has 0 aliphatic carbocycles. The van der Waals surface area contributed by atoms with Crippen LogP contribution in [0.3, 0.4) is 0 Å². The van der Waals surface area contributed by atoms with Crippen LogP contribution in [0.1, 0.15) is 5.56 Å². The topological polar surface area (TPSA) is 44.7 Å². The molecule has 1 aliphatic rings. The van der Waals surface area contributed by atoms with Crippen LogP contribution < -0.4 is 10.3 Å². The summed E-state index contributed by atoms with van der Waals surface area (Å²) in [4.78, 5) is 16.6. The van der Waals surface area contributed by atoms with Crippen LogP contribution in [-0.2, 0) is 4.79 Å². The zero-order valence-corrected chi connectivity index (χ0v) is 18.0. The monoisotopic (exact) mass is 461 g/mol. The lowest BCUT2D eigenvalue weighted by Crippen LogP contribution is -2.33. The van der Waals surface area contributed by atoms with E-state index in [0.717, 1.165) is 21.2 Å². The van der Waals surface area contributed by atoms with Gasteiger partial charge in [-0.3, -0.25) is 4.79 Å². The van der Waals surface area contributed by atoms with Gasteiger partial charge in [0.2, 0.25) is 0 Å². The number of nitrogens with zero attached hydrogens (tertiary/aromatic N) is 2. The molecule has 0 fully saturated rings. The van der Waals surface area contributed by atoms with Gasteiger partial charge in [0.25, 0.3) is 5.91 Å². The first-order valence-corrected chi connectivity index (χ1v) is 10.6. The fourth-order valence-corrected chi connectivity index (χ4v) is 4.69. The number of carbonyl (C=O) groups is 1. The molecule has 4 rings (SSSR count). The number of hydrogen-bond acceptors (Lipinski definition) is 4. The lowest BCUT2D eigenvalue weighted by Gasteiger charge is -2.32. The van der Waals surface area contributed by atoms with Gasteiger partial charge in [0.05, 0.1) is 27.6 Å². The van der Waals surface area contributed by atoms with Gasteiger partial charge in [-0.1, -0.05) is 64.8 Å². The van der Waals surface area contributed by atoms with Crippen molar-refractivity contribution in [3.05, 3.63) is 81.3 Å².